The Morgan fingerprint density at radius 2 is 2.04 bits per heavy atom. The molecule has 0 aliphatic carbocycles. The Bertz CT molecular complexity index is 638. The van der Waals surface area contributed by atoms with Crippen LogP contribution < -0.4 is 15.5 Å². The van der Waals surface area contributed by atoms with Crippen LogP contribution >= 0.6 is 12.4 Å². The van der Waals surface area contributed by atoms with Gasteiger partial charge in [-0.05, 0) is 18.2 Å². The smallest absolute Gasteiger partial charge is 0.267 e. The molecule has 1 aromatic heterocycles. The average molecular weight is 337 g/mol. The first kappa shape index (κ1) is 18.4. The van der Waals surface area contributed by atoms with Gasteiger partial charge >= 0.3 is 0 Å². The largest absolute Gasteiger partial charge is 0.492 e. The summed E-state index contributed by atoms with van der Waals surface area (Å²) in [5.41, 5.74) is 2.00. The van der Waals surface area contributed by atoms with Crippen molar-refractivity contribution in [3.8, 4) is 5.75 Å². The van der Waals surface area contributed by atoms with E-state index in [2.05, 4.69) is 15.3 Å². The first-order chi connectivity index (χ1) is 10.8. The maximum atomic E-state index is 10.9. The molecule has 8 heteroatoms. The van der Waals surface area contributed by atoms with Crippen LogP contribution in [-0.2, 0) is 4.79 Å². The number of benzene rings is 1. The van der Waals surface area contributed by atoms with Gasteiger partial charge < -0.3 is 10.1 Å². The molecular weight excluding hydrogens is 320 g/mol. The summed E-state index contributed by atoms with van der Waals surface area (Å²) in [5, 5.41) is 11.5. The molecule has 1 aromatic carbocycles. The zero-order chi connectivity index (χ0) is 15.6. The summed E-state index contributed by atoms with van der Waals surface area (Å²) in [4.78, 5) is 19.1. The fraction of sp³-hybridized carbons (Fsp3) is 0.133. The number of para-hydroxylation sites is 1. The Morgan fingerprint density at radius 1 is 1.26 bits per heavy atom. The van der Waals surface area contributed by atoms with Crippen molar-refractivity contribution in [2.45, 2.75) is 0 Å². The average Bonchev–Trinajstić information content (AvgIpc) is 2.58. The topological polar surface area (TPSA) is 96.4 Å². The molecule has 2 aromatic rings. The van der Waals surface area contributed by atoms with Gasteiger partial charge in [-0.3, -0.25) is 15.0 Å². The standard InChI is InChI=1S/C15H16N4O3.ClH/c20-15(19-21)7-6-12-10-16-11-14(18-12)17-8-9-22-13-4-2-1-3-5-13;/h1-7,10-11,21H,8-9H2,(H,17,18)(H,19,20);1H/b7-6+;. The number of hydrogen-bond acceptors (Lipinski definition) is 6. The molecule has 0 spiro atoms. The van der Waals surface area contributed by atoms with Crippen molar-refractivity contribution in [1.29, 1.82) is 0 Å². The molecule has 1 amide bonds. The van der Waals surface area contributed by atoms with Crippen LogP contribution in [0.15, 0.2) is 48.8 Å². The van der Waals surface area contributed by atoms with E-state index in [4.69, 9.17) is 9.94 Å². The van der Waals surface area contributed by atoms with Crippen LogP contribution in [0.25, 0.3) is 6.08 Å². The summed E-state index contributed by atoms with van der Waals surface area (Å²) < 4.78 is 5.55. The van der Waals surface area contributed by atoms with Gasteiger partial charge in [-0.25, -0.2) is 10.5 Å². The quantitative estimate of drug-likeness (QED) is 0.309. The number of anilines is 1. The molecule has 0 saturated heterocycles. The molecule has 0 fully saturated rings. The molecule has 0 unspecified atom stereocenters. The molecule has 2 rings (SSSR count). The lowest BCUT2D eigenvalue weighted by Crippen LogP contribution is -2.15. The first-order valence-corrected chi connectivity index (χ1v) is 6.64. The molecular formula is C15H17ClN4O3. The number of nitrogens with one attached hydrogen (secondary N) is 2. The van der Waals surface area contributed by atoms with E-state index < -0.39 is 5.91 Å². The van der Waals surface area contributed by atoms with Crippen LogP contribution in [0.5, 0.6) is 5.75 Å². The van der Waals surface area contributed by atoms with Gasteiger partial charge in [0.15, 0.2) is 0 Å². The number of ether oxygens (including phenoxy) is 1. The van der Waals surface area contributed by atoms with Gasteiger partial charge in [0, 0.05) is 6.08 Å². The Hall–Kier alpha value is -2.64. The third kappa shape index (κ3) is 6.77. The minimum absolute atomic E-state index is 0. The lowest BCUT2D eigenvalue weighted by molar-refractivity contribution is -0.124. The number of nitrogens with zero attached hydrogens (tertiary/aromatic N) is 2. The Morgan fingerprint density at radius 3 is 2.78 bits per heavy atom. The van der Waals surface area contributed by atoms with Crippen molar-refractivity contribution in [2.75, 3.05) is 18.5 Å². The normalized spacial score (nSPS) is 9.96. The molecule has 0 aliphatic heterocycles. The number of hydrogen-bond donors (Lipinski definition) is 3. The fourth-order valence-corrected chi connectivity index (χ4v) is 1.61. The highest BCUT2D eigenvalue weighted by molar-refractivity contribution is 5.90. The van der Waals surface area contributed by atoms with Crippen molar-refractivity contribution in [2.24, 2.45) is 0 Å². The summed E-state index contributed by atoms with van der Waals surface area (Å²) in [6, 6.07) is 9.52. The van der Waals surface area contributed by atoms with Crippen molar-refractivity contribution < 1.29 is 14.7 Å². The van der Waals surface area contributed by atoms with Crippen LogP contribution in [0.2, 0.25) is 0 Å². The van der Waals surface area contributed by atoms with Crippen molar-refractivity contribution in [3.63, 3.8) is 0 Å². The van der Waals surface area contributed by atoms with Crippen molar-refractivity contribution in [3.05, 3.63) is 54.5 Å². The van der Waals surface area contributed by atoms with Crippen LogP contribution in [0.4, 0.5) is 5.82 Å². The van der Waals surface area contributed by atoms with E-state index >= 15 is 0 Å². The maximum absolute atomic E-state index is 10.9. The van der Waals surface area contributed by atoms with Gasteiger partial charge in [-0.2, -0.15) is 0 Å². The summed E-state index contributed by atoms with van der Waals surface area (Å²) in [6.45, 7) is 1.05. The van der Waals surface area contributed by atoms with E-state index in [0.29, 0.717) is 24.7 Å². The number of carbonyl (C=O) groups is 1. The van der Waals surface area contributed by atoms with Gasteiger partial charge in [0.25, 0.3) is 5.91 Å². The van der Waals surface area contributed by atoms with E-state index in [-0.39, 0.29) is 12.4 Å². The minimum atomic E-state index is -0.628. The second-order valence-electron chi connectivity index (χ2n) is 4.23. The van der Waals surface area contributed by atoms with E-state index in [9.17, 15) is 4.79 Å². The van der Waals surface area contributed by atoms with Gasteiger partial charge in [-0.1, -0.05) is 18.2 Å². The lowest BCUT2D eigenvalue weighted by Gasteiger charge is -2.08. The zero-order valence-electron chi connectivity index (χ0n) is 12.2. The third-order valence-corrected chi connectivity index (χ3v) is 2.59. The number of amides is 1. The number of carbonyl (C=O) groups excluding carboxylic acids is 1. The van der Waals surface area contributed by atoms with Gasteiger partial charge in [-0.15, -0.1) is 12.4 Å². The van der Waals surface area contributed by atoms with Crippen LogP contribution in [0.1, 0.15) is 5.69 Å². The van der Waals surface area contributed by atoms with Crippen LogP contribution in [0.3, 0.4) is 0 Å². The third-order valence-electron chi connectivity index (χ3n) is 2.59. The number of rotatable bonds is 7. The highest BCUT2D eigenvalue weighted by Gasteiger charge is 1.98. The summed E-state index contributed by atoms with van der Waals surface area (Å²) >= 11 is 0. The second-order valence-corrected chi connectivity index (χ2v) is 4.23. The highest BCUT2D eigenvalue weighted by Crippen LogP contribution is 2.08. The predicted molar refractivity (Wildman–Crippen MR) is 88.7 cm³/mol. The zero-order valence-corrected chi connectivity index (χ0v) is 13.0. The molecule has 7 nitrogen and oxygen atoms in total. The molecule has 0 atom stereocenters. The van der Waals surface area contributed by atoms with E-state index in [1.807, 2.05) is 30.3 Å². The summed E-state index contributed by atoms with van der Waals surface area (Å²) in [7, 11) is 0. The van der Waals surface area contributed by atoms with Crippen LogP contribution in [0, 0.1) is 0 Å². The predicted octanol–water partition coefficient (Wildman–Crippen LogP) is 1.91. The van der Waals surface area contributed by atoms with Crippen molar-refractivity contribution in [1.82, 2.24) is 15.4 Å². The molecule has 0 radical (unpaired) electrons. The number of hydroxylamine groups is 1. The van der Waals surface area contributed by atoms with Gasteiger partial charge in [0.2, 0.25) is 0 Å². The number of halogens is 1. The Balaban J connectivity index is 0.00000264. The highest BCUT2D eigenvalue weighted by atomic mass is 35.5. The molecule has 1 heterocycles. The number of aromatic nitrogens is 2. The minimum Gasteiger partial charge on any atom is -0.492 e. The summed E-state index contributed by atoms with van der Waals surface area (Å²) in [6.07, 6.45) is 5.69. The fourth-order valence-electron chi connectivity index (χ4n) is 1.61. The SMILES string of the molecule is Cl.O=C(/C=C/c1cncc(NCCOc2ccccc2)n1)NO. The Labute approximate surface area is 139 Å². The van der Waals surface area contributed by atoms with E-state index in [0.717, 1.165) is 11.8 Å². The van der Waals surface area contributed by atoms with Crippen LogP contribution in [-0.4, -0.2) is 34.2 Å². The molecule has 0 saturated carbocycles. The first-order valence-electron chi connectivity index (χ1n) is 6.64. The van der Waals surface area contributed by atoms with Gasteiger partial charge in [0.1, 0.15) is 18.2 Å². The maximum Gasteiger partial charge on any atom is 0.267 e. The Kier molecular flexibility index (Phi) is 8.12. The monoisotopic (exact) mass is 336 g/mol. The molecule has 23 heavy (non-hydrogen) atoms. The second kappa shape index (κ2) is 10.1. The molecule has 122 valence electrons. The van der Waals surface area contributed by atoms with Gasteiger partial charge in [0.05, 0.1) is 24.6 Å². The van der Waals surface area contributed by atoms with Crippen molar-refractivity contribution >= 4 is 30.2 Å². The molecule has 0 bridgehead atoms. The van der Waals surface area contributed by atoms with E-state index in [1.54, 1.807) is 6.20 Å². The summed E-state index contributed by atoms with van der Waals surface area (Å²) in [5.74, 6) is 0.752. The molecule has 0 aliphatic rings. The van der Waals surface area contributed by atoms with E-state index in [1.165, 1.54) is 17.8 Å². The lowest BCUT2D eigenvalue weighted by atomic mass is 10.3. The molecule has 3 N–H and O–H groups in total.